The van der Waals surface area contributed by atoms with Gasteiger partial charge in [-0.3, -0.25) is 0 Å². The largest absolute Gasteiger partial charge is 0.496 e. The summed E-state index contributed by atoms with van der Waals surface area (Å²) in [6.45, 7) is 0.123. The average Bonchev–Trinajstić information content (AvgIpc) is 2.52. The molecule has 0 heterocycles. The Morgan fingerprint density at radius 1 is 1.24 bits per heavy atom. The lowest BCUT2D eigenvalue weighted by molar-refractivity contribution is 0.0469. The second-order valence-electron chi connectivity index (χ2n) is 4.34. The molecule has 0 spiro atoms. The highest BCUT2D eigenvalue weighted by Gasteiger charge is 2.14. The molecule has 2 aromatic carbocycles. The maximum atomic E-state index is 12.0. The monoisotopic (exact) mass is 282 g/mol. The van der Waals surface area contributed by atoms with Gasteiger partial charge in [-0.2, -0.15) is 5.26 Å². The number of anilines is 1. The van der Waals surface area contributed by atoms with Crippen molar-refractivity contribution in [3.8, 4) is 11.8 Å². The van der Waals surface area contributed by atoms with Crippen molar-refractivity contribution in [3.63, 3.8) is 0 Å². The van der Waals surface area contributed by atoms with Gasteiger partial charge in [0, 0.05) is 11.8 Å². The van der Waals surface area contributed by atoms with Crippen LogP contribution in [0.4, 0.5) is 5.69 Å². The number of nitrogens with two attached hydrogens (primary N) is 1. The Hall–Kier alpha value is -3.00. The number of hydrogen-bond acceptors (Lipinski definition) is 5. The van der Waals surface area contributed by atoms with Crippen molar-refractivity contribution in [3.05, 3.63) is 59.2 Å². The quantitative estimate of drug-likeness (QED) is 0.688. The minimum atomic E-state index is -0.490. The topological polar surface area (TPSA) is 85.3 Å². The zero-order valence-corrected chi connectivity index (χ0v) is 11.5. The second kappa shape index (κ2) is 6.44. The molecule has 0 saturated carbocycles. The molecule has 0 bridgehead atoms. The molecule has 0 amide bonds. The van der Waals surface area contributed by atoms with Gasteiger partial charge < -0.3 is 15.2 Å². The number of nitrogen functional groups attached to an aromatic ring is 1. The van der Waals surface area contributed by atoms with Gasteiger partial charge in [-0.25, -0.2) is 4.79 Å². The summed E-state index contributed by atoms with van der Waals surface area (Å²) in [5.41, 5.74) is 7.83. The predicted molar refractivity (Wildman–Crippen MR) is 77.7 cm³/mol. The molecule has 0 aliphatic heterocycles. The third-order valence-electron chi connectivity index (χ3n) is 2.90. The van der Waals surface area contributed by atoms with Crippen LogP contribution in [0.5, 0.6) is 5.75 Å². The standard InChI is InChI=1S/C16H14N2O3/c1-20-15-8-13(18)6-7-14(15)16(19)21-10-12-4-2-11(9-17)3-5-12/h2-8H,10,18H2,1H3. The van der Waals surface area contributed by atoms with Crippen LogP contribution in [0.15, 0.2) is 42.5 Å². The second-order valence-corrected chi connectivity index (χ2v) is 4.34. The van der Waals surface area contributed by atoms with Gasteiger partial charge in [-0.05, 0) is 29.8 Å². The van der Waals surface area contributed by atoms with Gasteiger partial charge >= 0.3 is 5.97 Å². The molecule has 0 aromatic heterocycles. The van der Waals surface area contributed by atoms with E-state index in [4.69, 9.17) is 20.5 Å². The van der Waals surface area contributed by atoms with Crippen molar-refractivity contribution >= 4 is 11.7 Å². The van der Waals surface area contributed by atoms with Crippen LogP contribution >= 0.6 is 0 Å². The minimum Gasteiger partial charge on any atom is -0.496 e. The molecule has 2 rings (SSSR count). The molecule has 0 radical (unpaired) electrons. The van der Waals surface area contributed by atoms with Gasteiger partial charge in [0.25, 0.3) is 0 Å². The van der Waals surface area contributed by atoms with E-state index in [2.05, 4.69) is 0 Å². The molecular formula is C16H14N2O3. The summed E-state index contributed by atoms with van der Waals surface area (Å²) in [5.74, 6) is -0.115. The fourth-order valence-corrected chi connectivity index (χ4v) is 1.78. The Kier molecular flexibility index (Phi) is 4.42. The Balaban J connectivity index is 2.06. The normalized spacial score (nSPS) is 9.71. The third kappa shape index (κ3) is 3.51. The first-order valence-corrected chi connectivity index (χ1v) is 6.23. The lowest BCUT2D eigenvalue weighted by Crippen LogP contribution is -2.07. The number of methoxy groups -OCH3 is 1. The molecule has 2 aromatic rings. The van der Waals surface area contributed by atoms with Crippen molar-refractivity contribution < 1.29 is 14.3 Å². The predicted octanol–water partition coefficient (Wildman–Crippen LogP) is 2.51. The number of esters is 1. The fraction of sp³-hybridized carbons (Fsp3) is 0.125. The van der Waals surface area contributed by atoms with Crippen LogP contribution in [0.3, 0.4) is 0 Å². The first kappa shape index (κ1) is 14.4. The van der Waals surface area contributed by atoms with E-state index >= 15 is 0 Å². The van der Waals surface area contributed by atoms with E-state index in [1.54, 1.807) is 42.5 Å². The lowest BCUT2D eigenvalue weighted by Gasteiger charge is -2.09. The molecule has 0 saturated heterocycles. The number of nitriles is 1. The van der Waals surface area contributed by atoms with Crippen LogP contribution in [0, 0.1) is 11.3 Å². The van der Waals surface area contributed by atoms with Crippen LogP contribution in [-0.4, -0.2) is 13.1 Å². The smallest absolute Gasteiger partial charge is 0.342 e. The van der Waals surface area contributed by atoms with Crippen molar-refractivity contribution in [2.45, 2.75) is 6.61 Å². The van der Waals surface area contributed by atoms with Crippen molar-refractivity contribution in [2.24, 2.45) is 0 Å². The molecule has 21 heavy (non-hydrogen) atoms. The van der Waals surface area contributed by atoms with E-state index in [1.807, 2.05) is 6.07 Å². The number of ether oxygens (including phenoxy) is 2. The molecule has 106 valence electrons. The number of rotatable bonds is 4. The number of carbonyl (C=O) groups excluding carboxylic acids is 1. The minimum absolute atomic E-state index is 0.123. The van der Waals surface area contributed by atoms with Gasteiger partial charge in [-0.15, -0.1) is 0 Å². The van der Waals surface area contributed by atoms with Crippen molar-refractivity contribution in [1.82, 2.24) is 0 Å². The average molecular weight is 282 g/mol. The summed E-state index contributed by atoms with van der Waals surface area (Å²) in [6, 6.07) is 13.6. The first-order valence-electron chi connectivity index (χ1n) is 6.23. The number of nitrogens with zero attached hydrogens (tertiary/aromatic N) is 1. The summed E-state index contributed by atoms with van der Waals surface area (Å²) >= 11 is 0. The van der Waals surface area contributed by atoms with Gasteiger partial charge in [0.1, 0.15) is 17.9 Å². The molecule has 0 fully saturated rings. The summed E-state index contributed by atoms with van der Waals surface area (Å²) in [5, 5.41) is 8.72. The molecule has 0 unspecified atom stereocenters. The van der Waals surface area contributed by atoms with Crippen molar-refractivity contribution in [2.75, 3.05) is 12.8 Å². The van der Waals surface area contributed by atoms with E-state index in [9.17, 15) is 4.79 Å². The van der Waals surface area contributed by atoms with E-state index in [-0.39, 0.29) is 6.61 Å². The van der Waals surface area contributed by atoms with Crippen LogP contribution in [0.2, 0.25) is 0 Å². The van der Waals surface area contributed by atoms with E-state index in [1.165, 1.54) is 7.11 Å². The molecule has 0 atom stereocenters. The zero-order chi connectivity index (χ0) is 15.2. The van der Waals surface area contributed by atoms with Crippen LogP contribution < -0.4 is 10.5 Å². The summed E-state index contributed by atoms with van der Waals surface area (Å²) < 4.78 is 10.3. The van der Waals surface area contributed by atoms with E-state index in [0.717, 1.165) is 5.56 Å². The van der Waals surface area contributed by atoms with Crippen LogP contribution in [0.1, 0.15) is 21.5 Å². The first-order chi connectivity index (χ1) is 10.1. The van der Waals surface area contributed by atoms with Gasteiger partial charge in [0.05, 0.1) is 18.7 Å². The highest BCUT2D eigenvalue weighted by Crippen LogP contribution is 2.22. The molecule has 5 heteroatoms. The van der Waals surface area contributed by atoms with E-state index < -0.39 is 5.97 Å². The van der Waals surface area contributed by atoms with E-state index in [0.29, 0.717) is 22.6 Å². The maximum absolute atomic E-state index is 12.0. The third-order valence-corrected chi connectivity index (χ3v) is 2.90. The highest BCUT2D eigenvalue weighted by atomic mass is 16.5. The SMILES string of the molecule is COc1cc(N)ccc1C(=O)OCc1ccc(C#N)cc1. The number of carbonyl (C=O) groups is 1. The van der Waals surface area contributed by atoms with Gasteiger partial charge in [0.15, 0.2) is 0 Å². The molecule has 2 N–H and O–H groups in total. The zero-order valence-electron chi connectivity index (χ0n) is 11.5. The number of hydrogen-bond donors (Lipinski definition) is 1. The summed E-state index contributed by atoms with van der Waals surface area (Å²) in [7, 11) is 1.46. The van der Waals surface area contributed by atoms with Crippen LogP contribution in [0.25, 0.3) is 0 Å². The Morgan fingerprint density at radius 3 is 2.57 bits per heavy atom. The molecule has 5 nitrogen and oxygen atoms in total. The summed E-state index contributed by atoms with van der Waals surface area (Å²) in [4.78, 5) is 12.0. The molecule has 0 aliphatic carbocycles. The maximum Gasteiger partial charge on any atom is 0.342 e. The molecular weight excluding hydrogens is 268 g/mol. The molecule has 0 aliphatic rings. The highest BCUT2D eigenvalue weighted by molar-refractivity contribution is 5.93. The Morgan fingerprint density at radius 2 is 1.95 bits per heavy atom. The van der Waals surface area contributed by atoms with Crippen LogP contribution in [-0.2, 0) is 11.3 Å². The fourth-order valence-electron chi connectivity index (χ4n) is 1.78. The van der Waals surface area contributed by atoms with Crippen molar-refractivity contribution in [1.29, 1.82) is 5.26 Å². The summed E-state index contributed by atoms with van der Waals surface area (Å²) in [6.07, 6.45) is 0. The lowest BCUT2D eigenvalue weighted by atomic mass is 10.1. The number of benzene rings is 2. The Bertz CT molecular complexity index is 688. The van der Waals surface area contributed by atoms with Gasteiger partial charge in [-0.1, -0.05) is 12.1 Å². The Labute approximate surface area is 122 Å². The van der Waals surface area contributed by atoms with Gasteiger partial charge in [0.2, 0.25) is 0 Å².